The van der Waals surface area contributed by atoms with Gasteiger partial charge in [0.25, 0.3) is 0 Å². The number of pyridine rings is 1. The van der Waals surface area contributed by atoms with Crippen LogP contribution in [-0.4, -0.2) is 41.7 Å². The molecule has 2 fully saturated rings. The van der Waals surface area contributed by atoms with E-state index in [1.807, 2.05) is 6.92 Å². The molecule has 27 heavy (non-hydrogen) atoms. The van der Waals surface area contributed by atoms with Crippen LogP contribution in [0.3, 0.4) is 0 Å². The summed E-state index contributed by atoms with van der Waals surface area (Å²) in [6.45, 7) is 3.46. The lowest BCUT2D eigenvalue weighted by molar-refractivity contribution is -0.138. The van der Waals surface area contributed by atoms with Gasteiger partial charge in [-0.2, -0.15) is 18.4 Å². The van der Waals surface area contributed by atoms with Crippen LogP contribution in [0.4, 0.5) is 24.8 Å². The normalized spacial score (nSPS) is 22.5. The fourth-order valence-corrected chi connectivity index (χ4v) is 3.66. The van der Waals surface area contributed by atoms with Gasteiger partial charge in [-0.25, -0.2) is 4.98 Å². The van der Waals surface area contributed by atoms with Crippen molar-refractivity contribution >= 4 is 17.6 Å². The summed E-state index contributed by atoms with van der Waals surface area (Å²) in [7, 11) is 0. The van der Waals surface area contributed by atoms with Crippen LogP contribution >= 0.6 is 0 Å². The van der Waals surface area contributed by atoms with E-state index in [9.17, 15) is 23.2 Å². The summed E-state index contributed by atoms with van der Waals surface area (Å²) in [5, 5.41) is 18.2. The highest BCUT2D eigenvalue weighted by atomic mass is 19.4. The van der Waals surface area contributed by atoms with Gasteiger partial charge in [-0.3, -0.25) is 4.79 Å². The summed E-state index contributed by atoms with van der Waals surface area (Å²) in [4.78, 5) is 18.6. The molecule has 3 heterocycles. The molecule has 0 aliphatic carbocycles. The predicted molar refractivity (Wildman–Crippen MR) is 92.6 cm³/mol. The Morgan fingerprint density at radius 1 is 1.41 bits per heavy atom. The first-order chi connectivity index (χ1) is 12.7. The second-order valence-corrected chi connectivity index (χ2v) is 7.20. The molecular weight excluding hydrogens is 361 g/mol. The van der Waals surface area contributed by atoms with Gasteiger partial charge in [0, 0.05) is 32.1 Å². The molecule has 0 amide bonds. The smallest absolute Gasteiger partial charge is 0.417 e. The number of carboxylic acid groups (broad SMARTS) is 1. The van der Waals surface area contributed by atoms with Crippen LogP contribution in [0.15, 0.2) is 6.07 Å². The zero-order valence-corrected chi connectivity index (χ0v) is 15.0. The monoisotopic (exact) mass is 382 g/mol. The zero-order valence-electron chi connectivity index (χ0n) is 15.0. The molecule has 1 aromatic heterocycles. The van der Waals surface area contributed by atoms with Crippen LogP contribution in [0.2, 0.25) is 0 Å². The lowest BCUT2D eigenvalue weighted by atomic mass is 10.0. The molecule has 146 valence electrons. The highest BCUT2D eigenvalue weighted by molar-refractivity contribution is 5.67. The largest absolute Gasteiger partial charge is 0.481 e. The van der Waals surface area contributed by atoms with Crippen LogP contribution < -0.4 is 9.80 Å². The lowest BCUT2D eigenvalue weighted by Crippen LogP contribution is -2.47. The number of alkyl halides is 3. The Morgan fingerprint density at radius 3 is 2.67 bits per heavy atom. The number of nitriles is 1. The van der Waals surface area contributed by atoms with E-state index in [1.165, 1.54) is 0 Å². The van der Waals surface area contributed by atoms with E-state index in [0.29, 0.717) is 32.5 Å². The average molecular weight is 382 g/mol. The van der Waals surface area contributed by atoms with Crippen molar-refractivity contribution in [1.82, 2.24) is 4.98 Å². The number of nitrogens with zero attached hydrogens (tertiary/aromatic N) is 4. The third-order valence-corrected chi connectivity index (χ3v) is 5.37. The molecule has 6 nitrogen and oxygen atoms in total. The molecule has 0 saturated carbocycles. The van der Waals surface area contributed by atoms with Crippen molar-refractivity contribution < 1.29 is 23.1 Å². The van der Waals surface area contributed by atoms with Gasteiger partial charge in [-0.05, 0) is 38.2 Å². The van der Waals surface area contributed by atoms with Crippen molar-refractivity contribution in [3.05, 3.63) is 17.2 Å². The van der Waals surface area contributed by atoms with Gasteiger partial charge in [0.1, 0.15) is 23.3 Å². The molecule has 0 bridgehead atoms. The third kappa shape index (κ3) is 3.94. The summed E-state index contributed by atoms with van der Waals surface area (Å²) < 4.78 is 40.7. The Morgan fingerprint density at radius 2 is 2.15 bits per heavy atom. The fraction of sp³-hybridized carbons (Fsp3) is 0.611. The quantitative estimate of drug-likeness (QED) is 0.842. The van der Waals surface area contributed by atoms with E-state index in [0.717, 1.165) is 12.5 Å². The number of carbonyl (C=O) groups is 1. The minimum Gasteiger partial charge on any atom is -0.481 e. The molecule has 2 atom stereocenters. The minimum atomic E-state index is -4.64. The maximum Gasteiger partial charge on any atom is 0.417 e. The Bertz CT molecular complexity index is 775. The van der Waals surface area contributed by atoms with Crippen LogP contribution in [0.25, 0.3) is 0 Å². The second kappa shape index (κ2) is 7.25. The summed E-state index contributed by atoms with van der Waals surface area (Å²) in [6, 6.07) is 2.69. The molecule has 0 spiro atoms. The molecule has 1 aromatic rings. The molecular formula is C18H21F3N4O2. The molecule has 1 N–H and O–H groups in total. The fourth-order valence-electron chi connectivity index (χ4n) is 3.66. The summed E-state index contributed by atoms with van der Waals surface area (Å²) in [6.07, 6.45) is -2.55. The van der Waals surface area contributed by atoms with Gasteiger partial charge in [-0.15, -0.1) is 0 Å². The number of aliphatic carboxylic acids is 1. The molecule has 0 radical (unpaired) electrons. The SMILES string of the molecule is C[C@H]1CCN1c1nc(N2CC[C@@H](CCC(=O)O)C2)cc(C(F)(F)F)c1C#N. The van der Waals surface area contributed by atoms with E-state index in [2.05, 4.69) is 4.98 Å². The maximum absolute atomic E-state index is 13.6. The second-order valence-electron chi connectivity index (χ2n) is 7.20. The number of hydrogen-bond acceptors (Lipinski definition) is 5. The van der Waals surface area contributed by atoms with Crippen molar-refractivity contribution in [3.8, 4) is 6.07 Å². The van der Waals surface area contributed by atoms with Crippen molar-refractivity contribution in [2.75, 3.05) is 29.4 Å². The molecule has 0 aromatic carbocycles. The highest BCUT2D eigenvalue weighted by Crippen LogP contribution is 2.40. The van der Waals surface area contributed by atoms with Crippen LogP contribution in [0.1, 0.15) is 43.7 Å². The summed E-state index contributed by atoms with van der Waals surface area (Å²) in [5.74, 6) is -0.471. The number of hydrogen-bond donors (Lipinski definition) is 1. The molecule has 2 aliphatic rings. The van der Waals surface area contributed by atoms with E-state index in [4.69, 9.17) is 5.11 Å². The number of rotatable bonds is 5. The van der Waals surface area contributed by atoms with E-state index < -0.39 is 23.3 Å². The summed E-state index contributed by atoms with van der Waals surface area (Å²) in [5.41, 5.74) is -1.39. The summed E-state index contributed by atoms with van der Waals surface area (Å²) >= 11 is 0. The van der Waals surface area contributed by atoms with E-state index >= 15 is 0 Å². The van der Waals surface area contributed by atoms with Gasteiger partial charge >= 0.3 is 12.1 Å². The maximum atomic E-state index is 13.6. The zero-order chi connectivity index (χ0) is 19.8. The van der Waals surface area contributed by atoms with Crippen molar-refractivity contribution in [2.24, 2.45) is 5.92 Å². The lowest BCUT2D eigenvalue weighted by Gasteiger charge is -2.40. The molecule has 2 aliphatic heterocycles. The topological polar surface area (TPSA) is 80.5 Å². The standard InChI is InChI=1S/C18H21F3N4O2/c1-11-4-7-25(11)17-13(9-22)14(18(19,20)21)8-15(23-17)24-6-5-12(10-24)2-3-16(26)27/h8,11-12H,2-7,10H2,1H3,(H,26,27)/t11-,12+/m0/s1. The first-order valence-electron chi connectivity index (χ1n) is 8.96. The first-order valence-corrected chi connectivity index (χ1v) is 8.96. The Labute approximate surface area is 155 Å². The van der Waals surface area contributed by atoms with Gasteiger partial charge in [0.15, 0.2) is 0 Å². The first kappa shape index (κ1) is 19.3. The molecule has 2 saturated heterocycles. The van der Waals surface area contributed by atoms with Crippen LogP contribution in [0.5, 0.6) is 0 Å². The van der Waals surface area contributed by atoms with Gasteiger partial charge in [-0.1, -0.05) is 0 Å². The number of halogens is 3. The molecule has 9 heteroatoms. The van der Waals surface area contributed by atoms with Crippen molar-refractivity contribution in [1.29, 1.82) is 5.26 Å². The average Bonchev–Trinajstić information content (AvgIpc) is 3.06. The van der Waals surface area contributed by atoms with Crippen molar-refractivity contribution in [2.45, 2.75) is 44.8 Å². The Hall–Kier alpha value is -2.50. The highest BCUT2D eigenvalue weighted by Gasteiger charge is 2.39. The minimum absolute atomic E-state index is 0.0443. The third-order valence-electron chi connectivity index (χ3n) is 5.37. The van der Waals surface area contributed by atoms with Gasteiger partial charge in [0.05, 0.1) is 5.56 Å². The van der Waals surface area contributed by atoms with E-state index in [1.54, 1.807) is 15.9 Å². The molecule has 0 unspecified atom stereocenters. The number of aromatic nitrogens is 1. The Kier molecular flexibility index (Phi) is 5.18. The Balaban J connectivity index is 1.93. The number of carboxylic acids is 1. The van der Waals surface area contributed by atoms with Crippen LogP contribution in [-0.2, 0) is 11.0 Å². The van der Waals surface area contributed by atoms with Crippen molar-refractivity contribution in [3.63, 3.8) is 0 Å². The van der Waals surface area contributed by atoms with Gasteiger partial charge < -0.3 is 14.9 Å². The molecule has 3 rings (SSSR count). The van der Waals surface area contributed by atoms with Crippen LogP contribution in [0, 0.1) is 17.2 Å². The van der Waals surface area contributed by atoms with E-state index in [-0.39, 0.29) is 30.0 Å². The van der Waals surface area contributed by atoms with Gasteiger partial charge in [0.2, 0.25) is 0 Å². The predicted octanol–water partition coefficient (Wildman–Crippen LogP) is 3.26. The number of anilines is 2.